The fourth-order valence-electron chi connectivity index (χ4n) is 1.66. The molecular formula is C18H21OS+. The second-order valence-corrected chi connectivity index (χ2v) is 6.47. The van der Waals surface area contributed by atoms with Gasteiger partial charge in [0, 0.05) is 6.92 Å². The van der Waals surface area contributed by atoms with Crippen LogP contribution in [0.2, 0.25) is 0 Å². The van der Waals surface area contributed by atoms with Gasteiger partial charge in [-0.15, -0.1) is 0 Å². The van der Waals surface area contributed by atoms with Crippen molar-refractivity contribution in [2.24, 2.45) is 0 Å². The molecular weight excluding hydrogens is 264 g/mol. The second kappa shape index (κ2) is 8.28. The van der Waals surface area contributed by atoms with Crippen LogP contribution in [0, 0.1) is 0 Å². The first kappa shape index (κ1) is 16.1. The van der Waals surface area contributed by atoms with Gasteiger partial charge in [-0.05, 0) is 43.9 Å². The van der Waals surface area contributed by atoms with E-state index in [-0.39, 0.29) is 16.7 Å². The van der Waals surface area contributed by atoms with Gasteiger partial charge in [-0.1, -0.05) is 36.9 Å². The first-order valence-electron chi connectivity index (χ1n) is 6.40. The lowest BCUT2D eigenvalue weighted by Gasteiger charge is -2.07. The fourth-order valence-corrected chi connectivity index (χ4v) is 3.59. The van der Waals surface area contributed by atoms with Crippen molar-refractivity contribution in [2.45, 2.75) is 18.7 Å². The maximum Gasteiger partial charge on any atom is 0.166 e. The molecule has 0 bridgehead atoms. The Hall–Kier alpha value is -1.93. The Morgan fingerprint density at radius 1 is 1.15 bits per heavy atom. The van der Waals surface area contributed by atoms with Gasteiger partial charge in [-0.2, -0.15) is 0 Å². The smallest absolute Gasteiger partial charge is 0.166 e. The fraction of sp³-hybridized carbons (Fsp3) is 0.111. The zero-order valence-electron chi connectivity index (χ0n) is 12.0. The Bertz CT molecular complexity index is 550. The highest BCUT2D eigenvalue weighted by Crippen LogP contribution is 2.29. The summed E-state index contributed by atoms with van der Waals surface area (Å²) in [6.07, 6.45) is 9.53. The lowest BCUT2D eigenvalue weighted by Crippen LogP contribution is -2.05. The van der Waals surface area contributed by atoms with Crippen LogP contribution in [0.5, 0.6) is 0 Å². The van der Waals surface area contributed by atoms with E-state index in [0.717, 1.165) is 4.91 Å². The summed E-state index contributed by atoms with van der Waals surface area (Å²) in [6, 6.07) is 10.3. The maximum absolute atomic E-state index is 9.19. The Labute approximate surface area is 124 Å². The lowest BCUT2D eigenvalue weighted by molar-refractivity contribution is 0.435. The number of benzene rings is 1. The topological polar surface area (TPSA) is 20.2 Å². The van der Waals surface area contributed by atoms with E-state index in [9.17, 15) is 5.11 Å². The second-order valence-electron chi connectivity index (χ2n) is 4.21. The van der Waals surface area contributed by atoms with Crippen LogP contribution >= 0.6 is 0 Å². The molecule has 2 heteroatoms. The predicted molar refractivity (Wildman–Crippen MR) is 90.7 cm³/mol. The quantitative estimate of drug-likeness (QED) is 0.428. The first-order valence-corrected chi connectivity index (χ1v) is 7.62. The normalized spacial score (nSPS) is 13.8. The Kier molecular flexibility index (Phi) is 6.68. The molecule has 1 aromatic rings. The molecule has 0 aliphatic heterocycles. The van der Waals surface area contributed by atoms with Crippen LogP contribution in [0.1, 0.15) is 13.8 Å². The molecule has 1 rings (SSSR count). The average molecular weight is 285 g/mol. The van der Waals surface area contributed by atoms with Crippen molar-refractivity contribution in [3.05, 3.63) is 89.4 Å². The molecule has 0 radical (unpaired) electrons. The molecule has 1 nitrogen and oxygen atoms in total. The van der Waals surface area contributed by atoms with Crippen LogP contribution in [0.4, 0.5) is 0 Å². The Balaban J connectivity index is 3.14. The molecule has 0 spiro atoms. The largest absolute Gasteiger partial charge is 0.509 e. The van der Waals surface area contributed by atoms with Crippen molar-refractivity contribution in [3.8, 4) is 0 Å². The molecule has 1 atom stereocenters. The molecule has 1 aromatic carbocycles. The molecule has 0 amide bonds. The number of aliphatic hydroxyl groups is 1. The zero-order chi connectivity index (χ0) is 15.0. The number of hydrogen-bond acceptors (Lipinski definition) is 1. The minimum absolute atomic E-state index is 0.0397. The van der Waals surface area contributed by atoms with Crippen molar-refractivity contribution in [1.82, 2.24) is 0 Å². The van der Waals surface area contributed by atoms with Crippen molar-refractivity contribution in [1.29, 1.82) is 0 Å². The monoisotopic (exact) mass is 285 g/mol. The summed E-state index contributed by atoms with van der Waals surface area (Å²) in [4.78, 5) is 3.39. The minimum atomic E-state index is -0.219. The van der Waals surface area contributed by atoms with Crippen LogP contribution < -0.4 is 0 Å². The van der Waals surface area contributed by atoms with Gasteiger partial charge in [0.15, 0.2) is 9.80 Å². The number of hydrogen-bond donors (Lipinski definition) is 1. The molecule has 104 valence electrons. The van der Waals surface area contributed by atoms with E-state index in [1.807, 2.05) is 43.4 Å². The predicted octanol–water partition coefficient (Wildman–Crippen LogP) is 5.29. The number of rotatable bonds is 6. The molecule has 20 heavy (non-hydrogen) atoms. The van der Waals surface area contributed by atoms with E-state index in [0.29, 0.717) is 0 Å². The first-order chi connectivity index (χ1) is 9.56. The Morgan fingerprint density at radius 3 is 2.35 bits per heavy atom. The summed E-state index contributed by atoms with van der Waals surface area (Å²) in [5.41, 5.74) is 0. The van der Waals surface area contributed by atoms with Crippen molar-refractivity contribution >= 4 is 10.9 Å². The van der Waals surface area contributed by atoms with Crippen molar-refractivity contribution in [3.63, 3.8) is 0 Å². The molecule has 1 unspecified atom stereocenters. The Morgan fingerprint density at radius 2 is 1.80 bits per heavy atom. The molecule has 0 fully saturated rings. The van der Waals surface area contributed by atoms with Gasteiger partial charge in [0.05, 0.1) is 10.9 Å². The van der Waals surface area contributed by atoms with Crippen LogP contribution in [0.15, 0.2) is 94.3 Å². The van der Waals surface area contributed by atoms with E-state index in [1.54, 1.807) is 6.08 Å². The van der Waals surface area contributed by atoms with E-state index in [2.05, 4.69) is 38.3 Å². The van der Waals surface area contributed by atoms with Gasteiger partial charge in [0.1, 0.15) is 10.7 Å². The molecule has 0 heterocycles. The van der Waals surface area contributed by atoms with Gasteiger partial charge in [0.2, 0.25) is 0 Å². The molecule has 0 aromatic heterocycles. The number of aliphatic hydroxyl groups excluding tert-OH is 1. The molecule has 0 aliphatic carbocycles. The third-order valence-electron chi connectivity index (χ3n) is 2.55. The lowest BCUT2D eigenvalue weighted by atomic mass is 10.4. The molecule has 0 saturated heterocycles. The SMILES string of the molecule is C=C(O)/C=C\C(=C)[S+](/C(C)=C/C=C\C)c1ccccc1. The third kappa shape index (κ3) is 4.98. The number of allylic oxidation sites excluding steroid dienone is 6. The maximum atomic E-state index is 9.19. The minimum Gasteiger partial charge on any atom is -0.509 e. The van der Waals surface area contributed by atoms with Crippen LogP contribution in [0.25, 0.3) is 0 Å². The summed E-state index contributed by atoms with van der Waals surface area (Å²) in [6.45, 7) is 11.7. The summed E-state index contributed by atoms with van der Waals surface area (Å²) >= 11 is 0. The van der Waals surface area contributed by atoms with Crippen LogP contribution in [-0.2, 0) is 10.9 Å². The summed E-state index contributed by atoms with van der Waals surface area (Å²) in [5, 5.41) is 9.19. The van der Waals surface area contributed by atoms with E-state index in [4.69, 9.17) is 0 Å². The van der Waals surface area contributed by atoms with Crippen LogP contribution in [-0.4, -0.2) is 5.11 Å². The summed E-state index contributed by atoms with van der Waals surface area (Å²) in [7, 11) is -0.219. The summed E-state index contributed by atoms with van der Waals surface area (Å²) in [5.74, 6) is 0.0397. The van der Waals surface area contributed by atoms with Crippen molar-refractivity contribution < 1.29 is 5.11 Å². The highest BCUT2D eigenvalue weighted by molar-refractivity contribution is 8.04. The standard InChI is InChI=1S/C18H20OS/c1-5-6-10-16(3)20(17(4)14-13-15(2)19)18-11-8-7-9-12-18/h5-14H,2,4H2,1,3H3/p+1/b6-5-,14-13-,16-10+. The van der Waals surface area contributed by atoms with Gasteiger partial charge >= 0.3 is 0 Å². The van der Waals surface area contributed by atoms with Gasteiger partial charge in [-0.25, -0.2) is 0 Å². The van der Waals surface area contributed by atoms with Gasteiger partial charge in [0.25, 0.3) is 0 Å². The highest BCUT2D eigenvalue weighted by atomic mass is 32.2. The van der Waals surface area contributed by atoms with E-state index < -0.39 is 0 Å². The summed E-state index contributed by atoms with van der Waals surface area (Å²) < 4.78 is 0. The molecule has 1 N–H and O–H groups in total. The van der Waals surface area contributed by atoms with E-state index in [1.165, 1.54) is 9.80 Å². The van der Waals surface area contributed by atoms with Crippen molar-refractivity contribution in [2.75, 3.05) is 0 Å². The van der Waals surface area contributed by atoms with E-state index >= 15 is 0 Å². The van der Waals surface area contributed by atoms with Crippen LogP contribution in [0.3, 0.4) is 0 Å². The average Bonchev–Trinajstić information content (AvgIpc) is 2.44. The molecule has 0 saturated carbocycles. The van der Waals surface area contributed by atoms with Gasteiger partial charge in [-0.3, -0.25) is 0 Å². The highest BCUT2D eigenvalue weighted by Gasteiger charge is 2.27. The zero-order valence-corrected chi connectivity index (χ0v) is 12.9. The van der Waals surface area contributed by atoms with Gasteiger partial charge < -0.3 is 5.11 Å². The molecule has 0 aliphatic rings. The third-order valence-corrected chi connectivity index (χ3v) is 4.73.